The number of nitrogens with zero attached hydrogens (tertiary/aromatic N) is 4. The van der Waals surface area contributed by atoms with Gasteiger partial charge in [0.1, 0.15) is 0 Å². The van der Waals surface area contributed by atoms with Crippen LogP contribution >= 0.6 is 0 Å². The SMILES string of the molecule is CCNC(=NCCCCCCCN(C)C)N(C)Cc1cccn1C. The average molecular weight is 336 g/mol. The summed E-state index contributed by atoms with van der Waals surface area (Å²) in [7, 11) is 8.48. The molecule has 0 aliphatic carbocycles. The normalized spacial score (nSPS) is 12.0. The molecule has 0 atom stereocenters. The Hall–Kier alpha value is -1.49. The Morgan fingerprint density at radius 2 is 1.83 bits per heavy atom. The van der Waals surface area contributed by atoms with E-state index in [0.29, 0.717) is 0 Å². The van der Waals surface area contributed by atoms with Gasteiger partial charge in [0.15, 0.2) is 5.96 Å². The molecular formula is C19H37N5. The molecule has 1 N–H and O–H groups in total. The summed E-state index contributed by atoms with van der Waals surface area (Å²) in [5, 5.41) is 3.40. The first-order valence-electron chi connectivity index (χ1n) is 9.29. The van der Waals surface area contributed by atoms with Gasteiger partial charge in [-0.05, 0) is 52.5 Å². The van der Waals surface area contributed by atoms with Crippen LogP contribution in [0.2, 0.25) is 0 Å². The van der Waals surface area contributed by atoms with Gasteiger partial charge in [-0.3, -0.25) is 4.99 Å². The highest BCUT2D eigenvalue weighted by Crippen LogP contribution is 2.06. The van der Waals surface area contributed by atoms with Crippen molar-refractivity contribution in [3.8, 4) is 0 Å². The Bertz CT molecular complexity index is 464. The molecule has 1 aromatic rings. The Morgan fingerprint density at radius 3 is 2.46 bits per heavy atom. The first kappa shape index (κ1) is 20.6. The van der Waals surface area contributed by atoms with E-state index in [9.17, 15) is 0 Å². The summed E-state index contributed by atoms with van der Waals surface area (Å²) in [5.41, 5.74) is 1.30. The monoisotopic (exact) mass is 335 g/mol. The molecule has 0 saturated heterocycles. The van der Waals surface area contributed by atoms with Crippen LogP contribution in [0.3, 0.4) is 0 Å². The standard InChI is InChI=1S/C19H37N5/c1-6-20-19(24(5)17-18-13-12-16-23(18)4)21-14-10-8-7-9-11-15-22(2)3/h12-13,16H,6-11,14-15,17H2,1-5H3,(H,20,21). The number of aliphatic imine (C=N–C) groups is 1. The second kappa shape index (κ2) is 12.0. The predicted octanol–water partition coefficient (Wildman–Crippen LogP) is 2.93. The maximum absolute atomic E-state index is 4.78. The van der Waals surface area contributed by atoms with E-state index in [4.69, 9.17) is 4.99 Å². The van der Waals surface area contributed by atoms with Gasteiger partial charge >= 0.3 is 0 Å². The molecule has 0 fully saturated rings. The molecule has 24 heavy (non-hydrogen) atoms. The third-order valence-corrected chi connectivity index (χ3v) is 4.17. The van der Waals surface area contributed by atoms with Crippen molar-refractivity contribution in [3.05, 3.63) is 24.0 Å². The minimum absolute atomic E-state index is 0.875. The van der Waals surface area contributed by atoms with Crippen molar-refractivity contribution >= 4 is 5.96 Å². The maximum atomic E-state index is 4.78. The first-order valence-corrected chi connectivity index (χ1v) is 9.29. The molecule has 0 bridgehead atoms. The van der Waals surface area contributed by atoms with Gasteiger partial charge < -0.3 is 19.7 Å². The van der Waals surface area contributed by atoms with E-state index in [0.717, 1.165) is 25.6 Å². The molecular weight excluding hydrogens is 298 g/mol. The van der Waals surface area contributed by atoms with Gasteiger partial charge in [-0.15, -0.1) is 0 Å². The molecule has 0 saturated carbocycles. The molecule has 0 aromatic carbocycles. The fourth-order valence-electron chi connectivity index (χ4n) is 2.70. The van der Waals surface area contributed by atoms with Crippen LogP contribution in [-0.4, -0.2) is 61.1 Å². The summed E-state index contributed by atoms with van der Waals surface area (Å²) in [6.45, 7) is 6.01. The molecule has 0 spiro atoms. The number of aryl methyl sites for hydroxylation is 1. The second-order valence-corrected chi connectivity index (χ2v) is 6.77. The largest absolute Gasteiger partial charge is 0.357 e. The Kier molecular flexibility index (Phi) is 10.2. The van der Waals surface area contributed by atoms with Crippen molar-refractivity contribution in [1.29, 1.82) is 0 Å². The molecule has 1 aromatic heterocycles. The van der Waals surface area contributed by atoms with E-state index < -0.39 is 0 Å². The Labute approximate surface area is 148 Å². The van der Waals surface area contributed by atoms with Gasteiger partial charge in [-0.1, -0.05) is 19.3 Å². The lowest BCUT2D eigenvalue weighted by molar-refractivity contribution is 0.390. The number of hydrogen-bond donors (Lipinski definition) is 1. The topological polar surface area (TPSA) is 35.8 Å². The third kappa shape index (κ3) is 8.39. The van der Waals surface area contributed by atoms with Crippen LogP contribution in [0.4, 0.5) is 0 Å². The number of hydrogen-bond acceptors (Lipinski definition) is 2. The van der Waals surface area contributed by atoms with Crippen molar-refractivity contribution in [3.63, 3.8) is 0 Å². The van der Waals surface area contributed by atoms with Crippen LogP contribution in [0.25, 0.3) is 0 Å². The summed E-state index contributed by atoms with van der Waals surface area (Å²) in [6, 6.07) is 4.25. The molecule has 0 aliphatic rings. The number of guanidine groups is 1. The lowest BCUT2D eigenvalue weighted by Gasteiger charge is -2.22. The minimum atomic E-state index is 0.875. The summed E-state index contributed by atoms with van der Waals surface area (Å²) >= 11 is 0. The molecule has 1 heterocycles. The van der Waals surface area contributed by atoms with Gasteiger partial charge in [0.05, 0.1) is 6.54 Å². The van der Waals surface area contributed by atoms with Crippen LogP contribution in [0, 0.1) is 0 Å². The van der Waals surface area contributed by atoms with Crippen LogP contribution in [0.1, 0.15) is 44.7 Å². The minimum Gasteiger partial charge on any atom is -0.357 e. The first-order chi connectivity index (χ1) is 11.5. The van der Waals surface area contributed by atoms with E-state index in [1.54, 1.807) is 0 Å². The van der Waals surface area contributed by atoms with E-state index in [-0.39, 0.29) is 0 Å². The summed E-state index contributed by atoms with van der Waals surface area (Å²) < 4.78 is 2.16. The molecule has 0 radical (unpaired) electrons. The van der Waals surface area contributed by atoms with Crippen molar-refractivity contribution < 1.29 is 0 Å². The average Bonchev–Trinajstić information content (AvgIpc) is 2.93. The van der Waals surface area contributed by atoms with Gasteiger partial charge in [0.2, 0.25) is 0 Å². The zero-order valence-corrected chi connectivity index (χ0v) is 16.4. The Balaban J connectivity index is 2.30. The molecule has 5 heteroatoms. The number of nitrogens with one attached hydrogen (secondary N) is 1. The number of unbranched alkanes of at least 4 members (excludes halogenated alkanes) is 4. The highest BCUT2D eigenvalue weighted by Gasteiger charge is 2.07. The highest BCUT2D eigenvalue weighted by molar-refractivity contribution is 5.79. The van der Waals surface area contributed by atoms with Gasteiger partial charge in [0, 0.05) is 39.1 Å². The van der Waals surface area contributed by atoms with Crippen molar-refractivity contribution in [2.24, 2.45) is 12.0 Å². The summed E-state index contributed by atoms with van der Waals surface area (Å²) in [4.78, 5) is 9.25. The highest BCUT2D eigenvalue weighted by atomic mass is 15.3. The van der Waals surface area contributed by atoms with Crippen LogP contribution < -0.4 is 5.32 Å². The van der Waals surface area contributed by atoms with Crippen molar-refractivity contribution in [2.45, 2.75) is 45.6 Å². The fourth-order valence-corrected chi connectivity index (χ4v) is 2.70. The molecule has 5 nitrogen and oxygen atoms in total. The molecule has 0 unspecified atom stereocenters. The molecule has 0 aliphatic heterocycles. The van der Waals surface area contributed by atoms with Crippen molar-refractivity contribution in [2.75, 3.05) is 40.8 Å². The van der Waals surface area contributed by atoms with Gasteiger partial charge in [-0.2, -0.15) is 0 Å². The fraction of sp³-hybridized carbons (Fsp3) is 0.737. The predicted molar refractivity (Wildman–Crippen MR) is 104 cm³/mol. The zero-order chi connectivity index (χ0) is 17.8. The lowest BCUT2D eigenvalue weighted by atomic mass is 10.1. The molecule has 1 rings (SSSR count). The zero-order valence-electron chi connectivity index (χ0n) is 16.4. The Morgan fingerprint density at radius 1 is 1.12 bits per heavy atom. The quantitative estimate of drug-likeness (QED) is 0.384. The van der Waals surface area contributed by atoms with Gasteiger partial charge in [0.25, 0.3) is 0 Å². The molecule has 138 valence electrons. The maximum Gasteiger partial charge on any atom is 0.194 e. The van der Waals surface area contributed by atoms with Crippen molar-refractivity contribution in [1.82, 2.24) is 19.7 Å². The van der Waals surface area contributed by atoms with E-state index in [1.165, 1.54) is 44.3 Å². The van der Waals surface area contributed by atoms with Crippen LogP contribution in [0.5, 0.6) is 0 Å². The smallest absolute Gasteiger partial charge is 0.194 e. The van der Waals surface area contributed by atoms with E-state index in [1.807, 2.05) is 0 Å². The summed E-state index contributed by atoms with van der Waals surface area (Å²) in [5.74, 6) is 1.01. The second-order valence-electron chi connectivity index (χ2n) is 6.77. The van der Waals surface area contributed by atoms with Crippen LogP contribution in [-0.2, 0) is 13.6 Å². The third-order valence-electron chi connectivity index (χ3n) is 4.17. The van der Waals surface area contributed by atoms with E-state index >= 15 is 0 Å². The van der Waals surface area contributed by atoms with E-state index in [2.05, 4.69) is 73.1 Å². The summed E-state index contributed by atoms with van der Waals surface area (Å²) in [6.07, 6.45) is 8.49. The number of aromatic nitrogens is 1. The number of rotatable bonds is 11. The molecule has 0 amide bonds. The lowest BCUT2D eigenvalue weighted by Crippen LogP contribution is -2.38. The van der Waals surface area contributed by atoms with Gasteiger partial charge in [-0.25, -0.2) is 0 Å². The van der Waals surface area contributed by atoms with Crippen LogP contribution in [0.15, 0.2) is 23.3 Å².